The van der Waals surface area contributed by atoms with Gasteiger partial charge in [-0.25, -0.2) is 4.39 Å². The van der Waals surface area contributed by atoms with E-state index in [0.717, 1.165) is 12.8 Å². The SMILES string of the molecule is COc1ccc(C(=O)C2CC3CCC(C2)N3)c(F)c1F. The molecule has 20 heavy (non-hydrogen) atoms. The summed E-state index contributed by atoms with van der Waals surface area (Å²) in [6, 6.07) is 3.31. The Balaban J connectivity index is 1.86. The summed E-state index contributed by atoms with van der Waals surface area (Å²) < 4.78 is 32.4. The van der Waals surface area contributed by atoms with E-state index in [2.05, 4.69) is 5.32 Å². The molecule has 2 heterocycles. The van der Waals surface area contributed by atoms with Gasteiger partial charge in [0.2, 0.25) is 5.82 Å². The largest absolute Gasteiger partial charge is 0.494 e. The molecule has 108 valence electrons. The Morgan fingerprint density at radius 1 is 1.20 bits per heavy atom. The van der Waals surface area contributed by atoms with Crippen LogP contribution in [0.1, 0.15) is 36.0 Å². The van der Waals surface area contributed by atoms with Crippen LogP contribution in [0.4, 0.5) is 8.78 Å². The lowest BCUT2D eigenvalue weighted by molar-refractivity contribution is 0.0870. The fraction of sp³-hybridized carbons (Fsp3) is 0.533. The van der Waals surface area contributed by atoms with Gasteiger partial charge in [-0.1, -0.05) is 0 Å². The standard InChI is InChI=1S/C15H17F2NO2/c1-20-12-5-4-11(13(16)14(12)17)15(19)8-6-9-2-3-10(7-8)18-9/h4-5,8-10,18H,2-3,6-7H2,1H3. The Labute approximate surface area is 116 Å². The summed E-state index contributed by atoms with van der Waals surface area (Å²) in [4.78, 5) is 12.4. The van der Waals surface area contributed by atoms with Crippen LogP contribution in [0.5, 0.6) is 5.75 Å². The summed E-state index contributed by atoms with van der Waals surface area (Å²) in [5, 5.41) is 3.43. The van der Waals surface area contributed by atoms with E-state index in [0.29, 0.717) is 24.9 Å². The minimum Gasteiger partial charge on any atom is -0.494 e. The normalized spacial score (nSPS) is 28.4. The number of benzene rings is 1. The smallest absolute Gasteiger partial charge is 0.201 e. The number of carbonyl (C=O) groups is 1. The quantitative estimate of drug-likeness (QED) is 0.866. The van der Waals surface area contributed by atoms with Gasteiger partial charge in [0.1, 0.15) is 0 Å². The van der Waals surface area contributed by atoms with Gasteiger partial charge in [-0.15, -0.1) is 0 Å². The molecule has 0 aliphatic carbocycles. The van der Waals surface area contributed by atoms with E-state index in [9.17, 15) is 13.6 Å². The zero-order valence-corrected chi connectivity index (χ0v) is 11.3. The number of hydrogen-bond donors (Lipinski definition) is 1. The molecular weight excluding hydrogens is 264 g/mol. The second-order valence-electron chi connectivity index (χ2n) is 5.61. The molecule has 2 unspecified atom stereocenters. The van der Waals surface area contributed by atoms with Crippen LogP contribution in [0.25, 0.3) is 0 Å². The zero-order chi connectivity index (χ0) is 14.3. The highest BCUT2D eigenvalue weighted by Crippen LogP contribution is 2.34. The molecule has 0 radical (unpaired) electrons. The van der Waals surface area contributed by atoms with Gasteiger partial charge in [0.05, 0.1) is 12.7 Å². The summed E-state index contributed by atoms with van der Waals surface area (Å²) >= 11 is 0. The second kappa shape index (κ2) is 5.13. The molecule has 3 rings (SSSR count). The Morgan fingerprint density at radius 3 is 2.45 bits per heavy atom. The van der Waals surface area contributed by atoms with Crippen LogP contribution < -0.4 is 10.1 Å². The Kier molecular flexibility index (Phi) is 3.46. The number of Topliss-reactive ketones (excluding diaryl/α,β-unsaturated/α-hetero) is 1. The van der Waals surface area contributed by atoms with Gasteiger partial charge in [0.25, 0.3) is 0 Å². The number of nitrogens with one attached hydrogen (secondary N) is 1. The van der Waals surface area contributed by atoms with E-state index in [1.54, 1.807) is 0 Å². The molecule has 3 nitrogen and oxygen atoms in total. The maximum absolute atomic E-state index is 14.0. The predicted molar refractivity (Wildman–Crippen MR) is 69.9 cm³/mol. The van der Waals surface area contributed by atoms with Crippen molar-refractivity contribution in [3.63, 3.8) is 0 Å². The number of fused-ring (bicyclic) bond motifs is 2. The molecule has 0 aromatic heterocycles. The number of rotatable bonds is 3. The number of halogens is 2. The maximum Gasteiger partial charge on any atom is 0.201 e. The Hall–Kier alpha value is -1.49. The highest BCUT2D eigenvalue weighted by atomic mass is 19.2. The van der Waals surface area contributed by atoms with Gasteiger partial charge in [0, 0.05) is 18.0 Å². The number of ketones is 1. The Bertz CT molecular complexity index is 535. The van der Waals surface area contributed by atoms with Crippen molar-refractivity contribution in [2.24, 2.45) is 5.92 Å². The van der Waals surface area contributed by atoms with Gasteiger partial charge in [-0.2, -0.15) is 4.39 Å². The lowest BCUT2D eigenvalue weighted by Gasteiger charge is -2.28. The average molecular weight is 281 g/mol. The first-order valence-corrected chi connectivity index (χ1v) is 6.92. The molecule has 1 N–H and O–H groups in total. The molecule has 5 heteroatoms. The molecular formula is C15H17F2NO2. The number of methoxy groups -OCH3 is 1. The molecule has 2 aliphatic rings. The first kappa shape index (κ1) is 13.5. The summed E-state index contributed by atoms with van der Waals surface area (Å²) in [6.07, 6.45) is 3.55. The third kappa shape index (κ3) is 2.20. The van der Waals surface area contributed by atoms with Crippen LogP contribution in [-0.2, 0) is 0 Å². The van der Waals surface area contributed by atoms with E-state index in [1.165, 1.54) is 19.2 Å². The van der Waals surface area contributed by atoms with Crippen molar-refractivity contribution in [2.75, 3.05) is 7.11 Å². The van der Waals surface area contributed by atoms with Crippen LogP contribution >= 0.6 is 0 Å². The van der Waals surface area contributed by atoms with Gasteiger partial charge >= 0.3 is 0 Å². The molecule has 2 fully saturated rings. The lowest BCUT2D eigenvalue weighted by Crippen LogP contribution is -2.40. The molecule has 0 saturated carbocycles. The van der Waals surface area contributed by atoms with Crippen molar-refractivity contribution in [3.05, 3.63) is 29.3 Å². The molecule has 2 bridgehead atoms. The van der Waals surface area contributed by atoms with Crippen molar-refractivity contribution < 1.29 is 18.3 Å². The van der Waals surface area contributed by atoms with Crippen molar-refractivity contribution in [1.82, 2.24) is 5.32 Å². The van der Waals surface area contributed by atoms with E-state index in [1.807, 2.05) is 0 Å². The fourth-order valence-electron chi connectivity index (χ4n) is 3.37. The Morgan fingerprint density at radius 2 is 1.85 bits per heavy atom. The monoisotopic (exact) mass is 281 g/mol. The topological polar surface area (TPSA) is 38.3 Å². The molecule has 0 amide bonds. The summed E-state index contributed by atoms with van der Waals surface area (Å²) in [5.41, 5.74) is -0.158. The van der Waals surface area contributed by atoms with Crippen molar-refractivity contribution in [1.29, 1.82) is 0 Å². The van der Waals surface area contributed by atoms with Gasteiger partial charge in [-0.05, 0) is 37.8 Å². The maximum atomic E-state index is 14.0. The molecule has 2 aliphatic heterocycles. The highest BCUT2D eigenvalue weighted by molar-refractivity contribution is 5.98. The lowest BCUT2D eigenvalue weighted by atomic mass is 9.85. The highest BCUT2D eigenvalue weighted by Gasteiger charge is 2.37. The van der Waals surface area contributed by atoms with E-state index < -0.39 is 11.6 Å². The van der Waals surface area contributed by atoms with Crippen LogP contribution in [-0.4, -0.2) is 25.0 Å². The van der Waals surface area contributed by atoms with Crippen molar-refractivity contribution >= 4 is 5.78 Å². The number of ether oxygens (including phenoxy) is 1. The van der Waals surface area contributed by atoms with Crippen molar-refractivity contribution in [2.45, 2.75) is 37.8 Å². The van der Waals surface area contributed by atoms with Gasteiger partial charge < -0.3 is 10.1 Å². The van der Waals surface area contributed by atoms with Gasteiger partial charge in [0.15, 0.2) is 17.3 Å². The predicted octanol–water partition coefficient (Wildman–Crippen LogP) is 2.69. The molecule has 2 atom stereocenters. The van der Waals surface area contributed by atoms with Crippen LogP contribution in [0, 0.1) is 17.6 Å². The van der Waals surface area contributed by atoms with Crippen LogP contribution in [0.15, 0.2) is 12.1 Å². The second-order valence-corrected chi connectivity index (χ2v) is 5.61. The molecule has 1 aromatic carbocycles. The van der Waals surface area contributed by atoms with Crippen LogP contribution in [0.3, 0.4) is 0 Å². The first-order valence-electron chi connectivity index (χ1n) is 6.92. The van der Waals surface area contributed by atoms with E-state index in [4.69, 9.17) is 4.74 Å². The molecule has 1 aromatic rings. The number of hydrogen-bond acceptors (Lipinski definition) is 3. The van der Waals surface area contributed by atoms with E-state index >= 15 is 0 Å². The minimum atomic E-state index is -1.10. The van der Waals surface area contributed by atoms with E-state index in [-0.39, 0.29) is 23.0 Å². The molecule has 2 saturated heterocycles. The first-order chi connectivity index (χ1) is 9.60. The third-order valence-electron chi connectivity index (χ3n) is 4.38. The third-order valence-corrected chi connectivity index (χ3v) is 4.38. The molecule has 0 spiro atoms. The van der Waals surface area contributed by atoms with Gasteiger partial charge in [-0.3, -0.25) is 4.79 Å². The summed E-state index contributed by atoms with van der Waals surface area (Å²) in [7, 11) is 1.27. The number of piperidine rings is 1. The minimum absolute atomic E-state index is 0.158. The number of carbonyl (C=O) groups excluding carboxylic acids is 1. The fourth-order valence-corrected chi connectivity index (χ4v) is 3.37. The van der Waals surface area contributed by atoms with Crippen LogP contribution in [0.2, 0.25) is 0 Å². The average Bonchev–Trinajstić information content (AvgIpc) is 2.79. The zero-order valence-electron chi connectivity index (χ0n) is 11.3. The van der Waals surface area contributed by atoms with Crippen molar-refractivity contribution in [3.8, 4) is 5.75 Å². The summed E-state index contributed by atoms with van der Waals surface area (Å²) in [5.74, 6) is -2.86. The summed E-state index contributed by atoms with van der Waals surface area (Å²) in [6.45, 7) is 0.